The molecule has 0 fully saturated rings. The van der Waals surface area contributed by atoms with Gasteiger partial charge in [-0.25, -0.2) is 4.98 Å². The molecule has 248 valence electrons. The first-order valence-electron chi connectivity index (χ1n) is 15.0. The number of ether oxygens (including phenoxy) is 1. The predicted molar refractivity (Wildman–Crippen MR) is 175 cm³/mol. The van der Waals surface area contributed by atoms with Gasteiger partial charge in [-0.1, -0.05) is 24.3 Å². The number of rotatable bonds is 13. The van der Waals surface area contributed by atoms with Gasteiger partial charge in [0.1, 0.15) is 23.4 Å². The maximum absolute atomic E-state index is 13.3. The molecular formula is C34H33F3N8O3. The number of aliphatic imine (C=N–C) groups is 1. The summed E-state index contributed by atoms with van der Waals surface area (Å²) in [7, 11) is 0. The first kappa shape index (κ1) is 33.4. The number of nitrogens with two attached hydrogens (primary N) is 3. The molecule has 0 aliphatic heterocycles. The Morgan fingerprint density at radius 1 is 0.938 bits per heavy atom. The number of nitrogens with zero attached hydrogens (tertiary/aromatic N) is 4. The van der Waals surface area contributed by atoms with Crippen LogP contribution in [-0.2, 0) is 17.4 Å². The molecule has 7 N–H and O–H groups in total. The van der Waals surface area contributed by atoms with Gasteiger partial charge in [0.15, 0.2) is 5.96 Å². The van der Waals surface area contributed by atoms with E-state index in [0.29, 0.717) is 47.4 Å². The number of aromatic nitrogens is 3. The number of primary amides is 1. The number of alkyl halides is 3. The molecule has 2 amide bonds. The first-order valence-corrected chi connectivity index (χ1v) is 15.0. The topological polar surface area (TPSA) is 177 Å². The molecule has 0 aliphatic rings. The number of hydrogen-bond acceptors (Lipinski definition) is 6. The lowest BCUT2D eigenvalue weighted by molar-refractivity contribution is -0.137. The second-order valence-corrected chi connectivity index (χ2v) is 10.9. The minimum atomic E-state index is -4.54. The number of fused-ring (bicyclic) bond motifs is 1. The smallest absolute Gasteiger partial charge is 0.416 e. The minimum Gasteiger partial charge on any atom is -0.457 e. The van der Waals surface area contributed by atoms with E-state index in [0.717, 1.165) is 17.8 Å². The number of hydrogen-bond donors (Lipinski definition) is 4. The summed E-state index contributed by atoms with van der Waals surface area (Å²) in [4.78, 5) is 39.0. The van der Waals surface area contributed by atoms with Gasteiger partial charge in [0, 0.05) is 42.5 Å². The van der Waals surface area contributed by atoms with Crippen molar-refractivity contribution in [3.05, 3.63) is 108 Å². The van der Waals surface area contributed by atoms with Crippen LogP contribution in [0.1, 0.15) is 40.5 Å². The third kappa shape index (κ3) is 8.26. The molecule has 0 aliphatic carbocycles. The van der Waals surface area contributed by atoms with Crippen molar-refractivity contribution in [2.45, 2.75) is 31.5 Å². The zero-order valence-corrected chi connectivity index (χ0v) is 25.7. The quantitative estimate of drug-likeness (QED) is 0.0785. The molecule has 2 heterocycles. The Kier molecular flexibility index (Phi) is 10.2. The Balaban J connectivity index is 1.49. The average Bonchev–Trinajstić information content (AvgIpc) is 3.43. The highest BCUT2D eigenvalue weighted by Crippen LogP contribution is 2.35. The van der Waals surface area contributed by atoms with Crippen LogP contribution in [0.3, 0.4) is 0 Å². The number of nitrogens with one attached hydrogen (secondary N) is 1. The molecule has 48 heavy (non-hydrogen) atoms. The maximum Gasteiger partial charge on any atom is 0.416 e. The van der Waals surface area contributed by atoms with Crippen molar-refractivity contribution in [2.24, 2.45) is 22.2 Å². The van der Waals surface area contributed by atoms with Gasteiger partial charge in [0.25, 0.3) is 5.91 Å². The molecule has 2 aromatic heterocycles. The largest absolute Gasteiger partial charge is 0.457 e. The van der Waals surface area contributed by atoms with Crippen LogP contribution in [0.15, 0.2) is 96.1 Å². The minimum absolute atomic E-state index is 0.0103. The van der Waals surface area contributed by atoms with Gasteiger partial charge < -0.3 is 31.8 Å². The van der Waals surface area contributed by atoms with Gasteiger partial charge in [-0.05, 0) is 73.5 Å². The molecule has 14 heteroatoms. The summed E-state index contributed by atoms with van der Waals surface area (Å²) in [6, 6.07) is 20.7. The van der Waals surface area contributed by atoms with Crippen molar-refractivity contribution in [3.8, 4) is 22.9 Å². The molecular weight excluding hydrogens is 625 g/mol. The van der Waals surface area contributed by atoms with Gasteiger partial charge in [-0.15, -0.1) is 0 Å². The Hall–Kier alpha value is -5.92. The van der Waals surface area contributed by atoms with Crippen LogP contribution in [0.25, 0.3) is 22.4 Å². The van der Waals surface area contributed by atoms with E-state index >= 15 is 0 Å². The van der Waals surface area contributed by atoms with Crippen molar-refractivity contribution in [1.82, 2.24) is 19.9 Å². The van der Waals surface area contributed by atoms with Crippen LogP contribution in [0, 0.1) is 0 Å². The summed E-state index contributed by atoms with van der Waals surface area (Å²) in [6.45, 7) is 0.628. The molecule has 3 aromatic carbocycles. The highest BCUT2D eigenvalue weighted by molar-refractivity contribution is 5.98. The lowest BCUT2D eigenvalue weighted by Gasteiger charge is -2.19. The number of benzene rings is 3. The third-order valence-electron chi connectivity index (χ3n) is 7.40. The maximum atomic E-state index is 13.3. The lowest BCUT2D eigenvalue weighted by atomic mass is 10.1. The Bertz CT molecular complexity index is 1940. The van der Waals surface area contributed by atoms with Crippen molar-refractivity contribution in [1.29, 1.82) is 0 Å². The van der Waals surface area contributed by atoms with Crippen LogP contribution in [0.5, 0.6) is 11.5 Å². The van der Waals surface area contributed by atoms with Crippen LogP contribution >= 0.6 is 0 Å². The van der Waals surface area contributed by atoms with E-state index in [2.05, 4.69) is 15.3 Å². The highest BCUT2D eigenvalue weighted by atomic mass is 19.4. The van der Waals surface area contributed by atoms with Crippen LogP contribution in [0.4, 0.5) is 13.2 Å². The predicted octanol–water partition coefficient (Wildman–Crippen LogP) is 4.96. The summed E-state index contributed by atoms with van der Waals surface area (Å²) in [5.74, 6) is -0.469. The zero-order chi connectivity index (χ0) is 34.3. The molecule has 1 unspecified atom stereocenters. The van der Waals surface area contributed by atoms with Gasteiger partial charge in [-0.3, -0.25) is 19.6 Å². The molecule has 0 spiro atoms. The number of pyridine rings is 1. The number of carbonyl (C=O) groups excluding carboxylic acids is 2. The Labute approximate surface area is 273 Å². The Morgan fingerprint density at radius 2 is 1.71 bits per heavy atom. The van der Waals surface area contributed by atoms with Crippen LogP contribution in [0.2, 0.25) is 0 Å². The zero-order valence-electron chi connectivity index (χ0n) is 25.7. The van der Waals surface area contributed by atoms with E-state index in [1.165, 1.54) is 12.1 Å². The normalized spacial score (nSPS) is 12.0. The van der Waals surface area contributed by atoms with Crippen molar-refractivity contribution in [2.75, 3.05) is 13.1 Å². The van der Waals surface area contributed by atoms with Crippen LogP contribution < -0.4 is 27.3 Å². The summed E-state index contributed by atoms with van der Waals surface area (Å²) in [5.41, 5.74) is 18.6. The highest BCUT2D eigenvalue weighted by Gasteiger charge is 2.31. The van der Waals surface area contributed by atoms with Crippen LogP contribution in [-0.4, -0.2) is 45.4 Å². The number of imidazole rings is 1. The monoisotopic (exact) mass is 658 g/mol. The molecule has 0 saturated heterocycles. The number of guanidine groups is 1. The fourth-order valence-electron chi connectivity index (χ4n) is 5.17. The molecule has 0 bridgehead atoms. The molecule has 1 atom stereocenters. The first-order chi connectivity index (χ1) is 23.0. The van der Waals surface area contributed by atoms with E-state index in [-0.39, 0.29) is 36.3 Å². The molecule has 0 saturated carbocycles. The van der Waals surface area contributed by atoms with E-state index < -0.39 is 23.7 Å². The summed E-state index contributed by atoms with van der Waals surface area (Å²) >= 11 is 0. The standard InChI is InChI=1S/C34H33F3N8O3/c35-34(36,37)23-7-4-10-26(20-23)48-25-9-3-6-21(18-25)31-44-27-19-22(32(47)42-17-14-24-8-1-2-15-41-24)12-13-28(27)45(31)29(30(38)46)11-5-16-43-33(39)40/h1-4,6-10,12-13,15,18-20,29H,5,11,14,16-17H2,(H2,38,46)(H,42,47)(H4,39,40,43). The third-order valence-corrected chi connectivity index (χ3v) is 7.40. The summed E-state index contributed by atoms with van der Waals surface area (Å²) in [5, 5.41) is 2.89. The SMILES string of the molecule is NC(=O)C(CCCN=C(N)N)n1c(-c2cccc(Oc3cccc(C(F)(F)F)c3)c2)nc2cc(C(=O)NCCc3ccccn3)ccc21. The van der Waals surface area contributed by atoms with Gasteiger partial charge in [0.2, 0.25) is 5.91 Å². The number of halogens is 3. The fraction of sp³-hybridized carbons (Fsp3) is 0.206. The van der Waals surface area contributed by atoms with E-state index in [1.54, 1.807) is 53.2 Å². The summed E-state index contributed by atoms with van der Waals surface area (Å²) in [6.07, 6.45) is -1.62. The summed E-state index contributed by atoms with van der Waals surface area (Å²) < 4.78 is 47.3. The van der Waals surface area contributed by atoms with E-state index in [4.69, 9.17) is 26.9 Å². The number of carbonyl (C=O) groups is 2. The van der Waals surface area contributed by atoms with Gasteiger partial charge in [-0.2, -0.15) is 13.2 Å². The number of amides is 2. The lowest BCUT2D eigenvalue weighted by Crippen LogP contribution is -2.28. The fourth-order valence-corrected chi connectivity index (χ4v) is 5.17. The molecule has 0 radical (unpaired) electrons. The second kappa shape index (κ2) is 14.7. The van der Waals surface area contributed by atoms with Gasteiger partial charge >= 0.3 is 6.18 Å². The van der Waals surface area contributed by atoms with Crippen molar-refractivity contribution in [3.63, 3.8) is 0 Å². The van der Waals surface area contributed by atoms with Gasteiger partial charge in [0.05, 0.1) is 16.6 Å². The molecule has 5 rings (SSSR count). The average molecular weight is 659 g/mol. The van der Waals surface area contributed by atoms with Crippen molar-refractivity contribution >= 4 is 28.8 Å². The van der Waals surface area contributed by atoms with E-state index in [9.17, 15) is 22.8 Å². The van der Waals surface area contributed by atoms with Crippen molar-refractivity contribution < 1.29 is 27.5 Å². The molecule has 5 aromatic rings. The molecule has 11 nitrogen and oxygen atoms in total. The second-order valence-electron chi connectivity index (χ2n) is 10.9. The Morgan fingerprint density at radius 3 is 2.42 bits per heavy atom. The van der Waals surface area contributed by atoms with E-state index in [1.807, 2.05) is 18.2 Å².